The summed E-state index contributed by atoms with van der Waals surface area (Å²) in [5.74, 6) is 2.24. The molecule has 4 aromatic rings. The predicted molar refractivity (Wildman–Crippen MR) is 160 cm³/mol. The van der Waals surface area contributed by atoms with E-state index < -0.39 is 9.84 Å². The predicted octanol–water partition coefficient (Wildman–Crippen LogP) is 2.67. The maximum absolute atomic E-state index is 15.4. The number of hydrogen-bond acceptors (Lipinski definition) is 9. The second kappa shape index (κ2) is 11.2. The third-order valence-corrected chi connectivity index (χ3v) is 10.7. The first-order valence-electron chi connectivity index (χ1n) is 14.9. The number of nitrogens with one attached hydrogen (secondary N) is 1. The Labute approximate surface area is 244 Å². The van der Waals surface area contributed by atoms with Crippen LogP contribution in [0.1, 0.15) is 25.6 Å². The van der Waals surface area contributed by atoms with Crippen LogP contribution in [-0.2, 0) is 27.7 Å². The number of aryl methyl sites for hydroxylation is 1. The average molecular weight is 597 g/mol. The Morgan fingerprint density at radius 3 is 2.50 bits per heavy atom. The molecule has 13 heteroatoms. The van der Waals surface area contributed by atoms with Crippen LogP contribution >= 0.6 is 0 Å². The third kappa shape index (κ3) is 5.16. The number of imidazole rings is 1. The first-order valence-corrected chi connectivity index (χ1v) is 16.7. The summed E-state index contributed by atoms with van der Waals surface area (Å²) in [5, 5.41) is 0.749. The summed E-state index contributed by atoms with van der Waals surface area (Å²) in [6.07, 6.45) is 3.27. The molecule has 1 aromatic carbocycles. The highest BCUT2D eigenvalue weighted by Gasteiger charge is 2.31. The quantitative estimate of drug-likeness (QED) is 0.359. The molecule has 0 amide bonds. The van der Waals surface area contributed by atoms with Crippen molar-refractivity contribution in [3.8, 4) is 11.4 Å². The van der Waals surface area contributed by atoms with Crippen molar-refractivity contribution in [1.29, 1.82) is 0 Å². The minimum atomic E-state index is -2.86. The van der Waals surface area contributed by atoms with Crippen molar-refractivity contribution < 1.29 is 17.5 Å². The molecule has 3 aliphatic rings. The summed E-state index contributed by atoms with van der Waals surface area (Å²) < 4.78 is 46.9. The molecule has 0 atom stereocenters. The molecule has 6 heterocycles. The van der Waals surface area contributed by atoms with Crippen LogP contribution in [0.5, 0.6) is 0 Å². The number of anilines is 1. The minimum Gasteiger partial charge on any atom is -0.378 e. The fourth-order valence-electron chi connectivity index (χ4n) is 6.66. The van der Waals surface area contributed by atoms with E-state index in [0.29, 0.717) is 74.0 Å². The van der Waals surface area contributed by atoms with Gasteiger partial charge in [0.2, 0.25) is 0 Å². The number of aromatic nitrogens is 5. The second-order valence-corrected chi connectivity index (χ2v) is 13.8. The molecule has 0 unspecified atom stereocenters. The molecule has 42 heavy (non-hydrogen) atoms. The van der Waals surface area contributed by atoms with Crippen molar-refractivity contribution in [1.82, 2.24) is 34.3 Å². The summed E-state index contributed by atoms with van der Waals surface area (Å²) in [5.41, 5.74) is 2.68. The highest BCUT2D eigenvalue weighted by molar-refractivity contribution is 7.91. The van der Waals surface area contributed by atoms with Gasteiger partial charge in [-0.15, -0.1) is 0 Å². The molecule has 224 valence electrons. The average Bonchev–Trinajstić information content (AvgIpc) is 3.61. The normalized spacial score (nSPS) is 21.0. The number of fused-ring (bicyclic) bond motifs is 2. The molecule has 1 N–H and O–H groups in total. The van der Waals surface area contributed by atoms with E-state index in [1.807, 2.05) is 6.07 Å². The lowest BCUT2D eigenvalue weighted by Crippen LogP contribution is -2.51. The molecule has 3 aromatic heterocycles. The van der Waals surface area contributed by atoms with Crippen molar-refractivity contribution in [2.45, 2.75) is 38.9 Å². The fourth-order valence-corrected chi connectivity index (χ4v) is 8.12. The molecule has 3 saturated heterocycles. The number of benzene rings is 1. The van der Waals surface area contributed by atoms with E-state index in [4.69, 9.17) is 19.7 Å². The van der Waals surface area contributed by atoms with E-state index in [9.17, 15) is 8.42 Å². The van der Waals surface area contributed by atoms with Crippen molar-refractivity contribution >= 4 is 37.7 Å². The summed E-state index contributed by atoms with van der Waals surface area (Å²) in [6, 6.07) is 5.42. The molecular formula is C29H37FN8O3S. The first kappa shape index (κ1) is 27.7. The van der Waals surface area contributed by atoms with E-state index >= 15 is 4.39 Å². The monoisotopic (exact) mass is 596 g/mol. The number of aromatic amines is 1. The molecule has 11 nitrogen and oxygen atoms in total. The zero-order chi connectivity index (χ0) is 28.8. The summed E-state index contributed by atoms with van der Waals surface area (Å²) in [7, 11) is -2.86. The number of ether oxygens (including phenoxy) is 1. The Morgan fingerprint density at radius 1 is 1.00 bits per heavy atom. The van der Waals surface area contributed by atoms with Crippen molar-refractivity contribution in [3.05, 3.63) is 36.0 Å². The molecule has 0 bridgehead atoms. The summed E-state index contributed by atoms with van der Waals surface area (Å²) in [6.45, 7) is 9.62. The minimum absolute atomic E-state index is 0.301. The van der Waals surface area contributed by atoms with Crippen LogP contribution in [-0.4, -0.2) is 113 Å². The first-order chi connectivity index (χ1) is 20.4. The van der Waals surface area contributed by atoms with E-state index in [-0.39, 0.29) is 5.82 Å². The Bertz CT molecular complexity index is 1690. The zero-order valence-electron chi connectivity index (χ0n) is 23.9. The number of halogens is 1. The van der Waals surface area contributed by atoms with Gasteiger partial charge in [0.15, 0.2) is 22.8 Å². The maximum Gasteiger partial charge on any atom is 0.167 e. The third-order valence-electron chi connectivity index (χ3n) is 9.00. The van der Waals surface area contributed by atoms with Crippen LogP contribution < -0.4 is 4.90 Å². The van der Waals surface area contributed by atoms with Crippen molar-refractivity contribution in [3.63, 3.8) is 0 Å². The maximum atomic E-state index is 15.4. The SMILES string of the molecule is CCn1c(CN2CCN(C3CCS(=O)(=O)CC3)CC2)nc2c(N3CCOCC3)nc(-c3c(F)ccc4[nH]ccc34)nc21. The number of piperazine rings is 1. The lowest BCUT2D eigenvalue weighted by Gasteiger charge is -2.40. The largest absolute Gasteiger partial charge is 0.378 e. The van der Waals surface area contributed by atoms with Gasteiger partial charge >= 0.3 is 0 Å². The van der Waals surface area contributed by atoms with Crippen LogP contribution in [0.2, 0.25) is 0 Å². The lowest BCUT2D eigenvalue weighted by atomic mass is 10.1. The van der Waals surface area contributed by atoms with Crippen molar-refractivity contribution in [2.24, 2.45) is 0 Å². The van der Waals surface area contributed by atoms with Gasteiger partial charge in [-0.2, -0.15) is 0 Å². The van der Waals surface area contributed by atoms with Gasteiger partial charge in [0.05, 0.1) is 36.8 Å². The van der Waals surface area contributed by atoms with Crippen LogP contribution in [0, 0.1) is 5.82 Å². The molecule has 7 rings (SSSR count). The van der Waals surface area contributed by atoms with Gasteiger partial charge in [-0.05, 0) is 38.0 Å². The molecule has 3 aliphatic heterocycles. The molecule has 0 saturated carbocycles. The van der Waals surface area contributed by atoms with Gasteiger partial charge < -0.3 is 19.2 Å². The van der Waals surface area contributed by atoms with Crippen molar-refractivity contribution in [2.75, 3.05) is 68.9 Å². The van der Waals surface area contributed by atoms with E-state index in [1.54, 1.807) is 12.3 Å². The number of sulfone groups is 1. The van der Waals surface area contributed by atoms with E-state index in [0.717, 1.165) is 67.1 Å². The molecule has 3 fully saturated rings. The summed E-state index contributed by atoms with van der Waals surface area (Å²) >= 11 is 0. The number of morpholine rings is 1. The fraction of sp³-hybridized carbons (Fsp3) is 0.552. The Hall–Kier alpha value is -3.13. The van der Waals surface area contributed by atoms with E-state index in [2.05, 4.69) is 31.2 Å². The van der Waals surface area contributed by atoms with Gasteiger partial charge in [0, 0.05) is 69.0 Å². The second-order valence-electron chi connectivity index (χ2n) is 11.5. The Balaban J connectivity index is 1.21. The van der Waals surface area contributed by atoms with Gasteiger partial charge in [0.1, 0.15) is 21.5 Å². The topological polar surface area (TPSA) is 112 Å². The van der Waals surface area contributed by atoms with Gasteiger partial charge in [-0.3, -0.25) is 9.80 Å². The smallest absolute Gasteiger partial charge is 0.167 e. The Kier molecular flexibility index (Phi) is 7.37. The zero-order valence-corrected chi connectivity index (χ0v) is 24.7. The van der Waals surface area contributed by atoms with Gasteiger partial charge in [-0.1, -0.05) is 0 Å². The molecule has 0 radical (unpaired) electrons. The molecule has 0 spiro atoms. The Morgan fingerprint density at radius 2 is 1.76 bits per heavy atom. The van der Waals surface area contributed by atoms with Gasteiger partial charge in [-0.25, -0.2) is 27.8 Å². The standard InChI is InChI=1S/C29H37FN8O3S/c1-2-38-24(19-35-9-11-36(12-10-35)20-6-17-42(39,40)18-7-20)32-26-28(37-13-15-41-16-14-37)33-27(34-29(26)38)25-21-5-8-31-23(21)4-3-22(25)30/h3-5,8,20,31H,2,6-7,9-19H2,1H3. The highest BCUT2D eigenvalue weighted by atomic mass is 32.2. The highest BCUT2D eigenvalue weighted by Crippen LogP contribution is 2.34. The van der Waals surface area contributed by atoms with Crippen LogP contribution in [0.15, 0.2) is 24.4 Å². The molecular weight excluding hydrogens is 559 g/mol. The van der Waals surface area contributed by atoms with E-state index in [1.165, 1.54) is 6.07 Å². The van der Waals surface area contributed by atoms with Crippen LogP contribution in [0.4, 0.5) is 10.2 Å². The molecule has 0 aliphatic carbocycles. The lowest BCUT2D eigenvalue weighted by molar-refractivity contribution is 0.0853. The van der Waals surface area contributed by atoms with Crippen LogP contribution in [0.3, 0.4) is 0 Å². The number of rotatable bonds is 6. The number of hydrogen-bond donors (Lipinski definition) is 1. The summed E-state index contributed by atoms with van der Waals surface area (Å²) in [4.78, 5) is 25.3. The number of nitrogens with zero attached hydrogens (tertiary/aromatic N) is 7. The van der Waals surface area contributed by atoms with Crippen LogP contribution in [0.25, 0.3) is 33.5 Å². The van der Waals surface area contributed by atoms with Gasteiger partial charge in [0.25, 0.3) is 0 Å². The number of H-pyrrole nitrogens is 1.